The fourth-order valence-electron chi connectivity index (χ4n) is 1.61. The lowest BCUT2D eigenvalue weighted by Gasteiger charge is -2.06. The molecule has 1 heterocycles. The molecule has 2 N–H and O–H groups in total. The Hall–Kier alpha value is -1.22. The molecule has 80 valence electrons. The second kappa shape index (κ2) is 4.53. The third-order valence-electron chi connectivity index (χ3n) is 2.44. The summed E-state index contributed by atoms with van der Waals surface area (Å²) in [7, 11) is 0. The number of aliphatic imine (C=N–C) groups is 1. The maximum Gasteiger partial charge on any atom is 0.282 e. The van der Waals surface area contributed by atoms with Gasteiger partial charge in [-0.3, -0.25) is 0 Å². The van der Waals surface area contributed by atoms with Crippen molar-refractivity contribution in [2.24, 2.45) is 10.7 Å². The highest BCUT2D eigenvalue weighted by Gasteiger charge is 2.16. The maximum atomic E-state index is 6.05. The Morgan fingerprint density at radius 1 is 1.47 bits per heavy atom. The zero-order valence-electron chi connectivity index (χ0n) is 8.32. The second-order valence-corrected chi connectivity index (χ2v) is 3.97. The van der Waals surface area contributed by atoms with E-state index < -0.39 is 0 Å². The zero-order chi connectivity index (χ0) is 10.7. The Kier molecular flexibility index (Phi) is 3.11. The van der Waals surface area contributed by atoms with Crippen LogP contribution in [-0.4, -0.2) is 18.7 Å². The summed E-state index contributed by atoms with van der Waals surface area (Å²) < 4.78 is 5.08. The van der Waals surface area contributed by atoms with Crippen LogP contribution in [0.4, 0.5) is 0 Å². The first kappa shape index (κ1) is 10.3. The van der Waals surface area contributed by atoms with Gasteiger partial charge in [0, 0.05) is 5.02 Å². The first-order chi connectivity index (χ1) is 7.25. The third-order valence-corrected chi connectivity index (χ3v) is 2.81. The zero-order valence-corrected chi connectivity index (χ0v) is 9.07. The fourth-order valence-corrected chi connectivity index (χ4v) is 1.84. The largest absolute Gasteiger partial charge is 0.463 e. The van der Waals surface area contributed by atoms with E-state index in [-0.39, 0.29) is 6.04 Å². The molecule has 0 saturated heterocycles. The smallest absolute Gasteiger partial charge is 0.282 e. The van der Waals surface area contributed by atoms with Crippen LogP contribution >= 0.6 is 11.6 Å². The first-order valence-corrected chi connectivity index (χ1v) is 5.33. The molecule has 4 heteroatoms. The summed E-state index contributed by atoms with van der Waals surface area (Å²) in [6.45, 7) is 0.594. The predicted octanol–water partition coefficient (Wildman–Crippen LogP) is 1.99. The van der Waals surface area contributed by atoms with Gasteiger partial charge in [0.25, 0.3) is 6.02 Å². The minimum absolute atomic E-state index is 0.182. The van der Waals surface area contributed by atoms with Crippen LogP contribution in [0.2, 0.25) is 5.02 Å². The van der Waals surface area contributed by atoms with Crippen molar-refractivity contribution in [3.8, 4) is 0 Å². The number of rotatable bonds is 3. The summed E-state index contributed by atoms with van der Waals surface area (Å²) >= 11 is 6.05. The Morgan fingerprint density at radius 3 is 2.93 bits per heavy atom. The summed E-state index contributed by atoms with van der Waals surface area (Å²) in [6, 6.07) is 8.34. The van der Waals surface area contributed by atoms with Gasteiger partial charge in [-0.1, -0.05) is 29.8 Å². The van der Waals surface area contributed by atoms with Crippen LogP contribution in [-0.2, 0) is 11.2 Å². The van der Waals surface area contributed by atoms with Crippen molar-refractivity contribution in [2.75, 3.05) is 6.61 Å². The molecule has 0 amide bonds. The van der Waals surface area contributed by atoms with Gasteiger partial charge >= 0.3 is 0 Å². The fraction of sp³-hybridized carbons (Fsp3) is 0.364. The van der Waals surface area contributed by atoms with Gasteiger partial charge in [-0.25, -0.2) is 4.99 Å². The van der Waals surface area contributed by atoms with E-state index in [2.05, 4.69) is 4.99 Å². The van der Waals surface area contributed by atoms with Gasteiger partial charge in [-0.2, -0.15) is 0 Å². The lowest BCUT2D eigenvalue weighted by Crippen LogP contribution is -2.10. The molecule has 0 aromatic heterocycles. The van der Waals surface area contributed by atoms with Gasteiger partial charge in [0.1, 0.15) is 6.61 Å². The predicted molar refractivity (Wildman–Crippen MR) is 61.1 cm³/mol. The Labute approximate surface area is 93.9 Å². The van der Waals surface area contributed by atoms with Crippen LogP contribution in [0.3, 0.4) is 0 Å². The summed E-state index contributed by atoms with van der Waals surface area (Å²) in [5.41, 5.74) is 6.58. The molecule has 15 heavy (non-hydrogen) atoms. The molecule has 0 saturated carbocycles. The highest BCUT2D eigenvalue weighted by atomic mass is 35.5. The molecular weight excluding hydrogens is 212 g/mol. The molecule has 0 fully saturated rings. The van der Waals surface area contributed by atoms with Gasteiger partial charge in [0.05, 0.1) is 6.04 Å². The molecule has 3 nitrogen and oxygen atoms in total. The van der Waals surface area contributed by atoms with Crippen molar-refractivity contribution in [2.45, 2.75) is 18.9 Å². The molecule has 2 rings (SSSR count). The van der Waals surface area contributed by atoms with Crippen LogP contribution < -0.4 is 5.73 Å². The van der Waals surface area contributed by atoms with E-state index in [4.69, 9.17) is 22.1 Å². The Balaban J connectivity index is 1.91. The van der Waals surface area contributed by atoms with Gasteiger partial charge in [-0.15, -0.1) is 0 Å². The molecule has 0 aliphatic carbocycles. The van der Waals surface area contributed by atoms with Gasteiger partial charge < -0.3 is 10.5 Å². The van der Waals surface area contributed by atoms with Crippen molar-refractivity contribution in [1.29, 1.82) is 0 Å². The molecule has 0 unspecified atom stereocenters. The van der Waals surface area contributed by atoms with Crippen molar-refractivity contribution >= 4 is 17.6 Å². The molecule has 1 aromatic carbocycles. The standard InChI is InChI=1S/C11H13ClN2O/c12-10-4-2-1-3-8(10)5-6-9-7-15-11(13)14-9/h1-4,9H,5-7H2,(H2,13,14)/t9-/m0/s1. The highest BCUT2D eigenvalue weighted by molar-refractivity contribution is 6.31. The molecule has 1 aromatic rings. The Bertz CT molecular complexity index is 379. The molecule has 0 radical (unpaired) electrons. The molecule has 1 atom stereocenters. The van der Waals surface area contributed by atoms with Crippen LogP contribution in [0.5, 0.6) is 0 Å². The third kappa shape index (κ3) is 2.63. The number of nitrogens with zero attached hydrogens (tertiary/aromatic N) is 1. The van der Waals surface area contributed by atoms with E-state index in [0.29, 0.717) is 12.6 Å². The van der Waals surface area contributed by atoms with Gasteiger partial charge in [-0.05, 0) is 24.5 Å². The summed E-state index contributed by atoms with van der Waals surface area (Å²) in [5, 5.41) is 0.813. The number of hydrogen-bond donors (Lipinski definition) is 1. The minimum atomic E-state index is 0.182. The average Bonchev–Trinajstić information content (AvgIpc) is 2.63. The molecule has 0 spiro atoms. The minimum Gasteiger partial charge on any atom is -0.463 e. The highest BCUT2D eigenvalue weighted by Crippen LogP contribution is 2.18. The molecule has 0 bridgehead atoms. The van der Waals surface area contributed by atoms with Gasteiger partial charge in [0.2, 0.25) is 0 Å². The number of amidine groups is 1. The first-order valence-electron chi connectivity index (χ1n) is 4.95. The van der Waals surface area contributed by atoms with E-state index in [1.165, 1.54) is 0 Å². The average molecular weight is 225 g/mol. The van der Waals surface area contributed by atoms with E-state index in [9.17, 15) is 0 Å². The lowest BCUT2D eigenvalue weighted by molar-refractivity contribution is 0.308. The summed E-state index contributed by atoms with van der Waals surface area (Å²) in [4.78, 5) is 4.16. The number of aryl methyl sites for hydroxylation is 1. The van der Waals surface area contributed by atoms with E-state index in [1.54, 1.807) is 0 Å². The number of ether oxygens (including phenoxy) is 1. The van der Waals surface area contributed by atoms with Crippen molar-refractivity contribution in [1.82, 2.24) is 0 Å². The normalized spacial score (nSPS) is 19.8. The van der Waals surface area contributed by atoms with E-state index in [1.807, 2.05) is 24.3 Å². The van der Waals surface area contributed by atoms with Crippen molar-refractivity contribution in [3.63, 3.8) is 0 Å². The number of benzene rings is 1. The number of nitrogens with two attached hydrogens (primary N) is 1. The van der Waals surface area contributed by atoms with Crippen LogP contribution in [0.1, 0.15) is 12.0 Å². The van der Waals surface area contributed by atoms with Crippen LogP contribution in [0.15, 0.2) is 29.3 Å². The monoisotopic (exact) mass is 224 g/mol. The SMILES string of the molecule is NC1=N[C@@H](CCc2ccccc2Cl)CO1. The number of halogens is 1. The molecule has 1 aliphatic rings. The Morgan fingerprint density at radius 2 is 2.27 bits per heavy atom. The summed E-state index contributed by atoms with van der Waals surface area (Å²) in [6.07, 6.45) is 1.83. The maximum absolute atomic E-state index is 6.05. The van der Waals surface area contributed by atoms with Crippen LogP contribution in [0.25, 0.3) is 0 Å². The van der Waals surface area contributed by atoms with Crippen molar-refractivity contribution < 1.29 is 4.74 Å². The van der Waals surface area contributed by atoms with E-state index >= 15 is 0 Å². The van der Waals surface area contributed by atoms with Gasteiger partial charge in [0.15, 0.2) is 0 Å². The van der Waals surface area contributed by atoms with Crippen LogP contribution in [0, 0.1) is 0 Å². The van der Waals surface area contributed by atoms with Crippen molar-refractivity contribution in [3.05, 3.63) is 34.9 Å². The molecular formula is C11H13ClN2O. The lowest BCUT2D eigenvalue weighted by atomic mass is 10.1. The second-order valence-electron chi connectivity index (χ2n) is 3.56. The molecule has 1 aliphatic heterocycles. The topological polar surface area (TPSA) is 47.6 Å². The number of hydrogen-bond acceptors (Lipinski definition) is 3. The summed E-state index contributed by atoms with van der Waals surface area (Å²) in [5.74, 6) is 0. The quantitative estimate of drug-likeness (QED) is 0.854. The van der Waals surface area contributed by atoms with E-state index in [0.717, 1.165) is 23.4 Å².